The zero-order valence-electron chi connectivity index (χ0n) is 10.9. The minimum atomic E-state index is -0.160. The first-order valence-corrected chi connectivity index (χ1v) is 8.26. The standard InChI is InChI=1S/C14H22P2/c1-7-16(8-2)10-9-14(6)12(4)11(3)13(5)15-14/h7-8H,1-2,9-10H2,3-6H3. The van der Waals surface area contributed by atoms with E-state index in [0.29, 0.717) is 5.16 Å². The average Bonchev–Trinajstić information content (AvgIpc) is 2.45. The Balaban J connectivity index is 2.75. The summed E-state index contributed by atoms with van der Waals surface area (Å²) >= 11 is 0. The number of hydrogen-bond acceptors (Lipinski definition) is 0. The summed E-state index contributed by atoms with van der Waals surface area (Å²) in [5.41, 5.74) is 3.10. The lowest BCUT2D eigenvalue weighted by Gasteiger charge is -2.25. The summed E-state index contributed by atoms with van der Waals surface area (Å²) < 4.78 is 0. The molecule has 1 heterocycles. The monoisotopic (exact) mass is 252 g/mol. The van der Waals surface area contributed by atoms with Crippen LogP contribution in [0.15, 0.2) is 35.9 Å². The van der Waals surface area contributed by atoms with Gasteiger partial charge < -0.3 is 0 Å². The Labute approximate surface area is 103 Å². The van der Waals surface area contributed by atoms with E-state index in [1.165, 1.54) is 26.4 Å². The average molecular weight is 252 g/mol. The van der Waals surface area contributed by atoms with Gasteiger partial charge in [-0.15, -0.1) is 0 Å². The van der Waals surface area contributed by atoms with Crippen molar-refractivity contribution in [2.24, 2.45) is 0 Å². The molecule has 1 rings (SSSR count). The summed E-state index contributed by atoms with van der Waals surface area (Å²) in [5.74, 6) is 4.14. The van der Waals surface area contributed by atoms with Gasteiger partial charge in [0.15, 0.2) is 0 Å². The van der Waals surface area contributed by atoms with Crippen LogP contribution >= 0.6 is 16.1 Å². The molecule has 0 saturated heterocycles. The summed E-state index contributed by atoms with van der Waals surface area (Å²) in [4.78, 5) is 0. The second-order valence-electron chi connectivity index (χ2n) is 4.57. The molecule has 0 amide bonds. The molecule has 0 bridgehead atoms. The molecule has 0 saturated carbocycles. The Kier molecular flexibility index (Phi) is 4.72. The van der Waals surface area contributed by atoms with Crippen LogP contribution in [-0.2, 0) is 0 Å². The van der Waals surface area contributed by atoms with Crippen LogP contribution in [-0.4, -0.2) is 16.6 Å². The highest BCUT2D eigenvalue weighted by atomic mass is 31.1. The Morgan fingerprint density at radius 3 is 2.19 bits per heavy atom. The van der Waals surface area contributed by atoms with Crippen molar-refractivity contribution >= 4 is 21.4 Å². The first-order valence-electron chi connectivity index (χ1n) is 5.70. The van der Waals surface area contributed by atoms with Crippen LogP contribution < -0.4 is 0 Å². The van der Waals surface area contributed by atoms with Crippen molar-refractivity contribution in [2.45, 2.75) is 39.3 Å². The second kappa shape index (κ2) is 5.44. The minimum absolute atomic E-state index is 0.160. The molecule has 0 aromatic heterocycles. The summed E-state index contributed by atoms with van der Waals surface area (Å²) in [6.07, 6.45) is 2.47. The van der Waals surface area contributed by atoms with Gasteiger partial charge in [0, 0.05) is 5.16 Å². The van der Waals surface area contributed by atoms with Crippen LogP contribution in [0.2, 0.25) is 0 Å². The van der Waals surface area contributed by atoms with Gasteiger partial charge in [-0.3, -0.25) is 0 Å². The summed E-state index contributed by atoms with van der Waals surface area (Å²) in [6.45, 7) is 17.0. The third-order valence-corrected chi connectivity index (χ3v) is 7.05. The van der Waals surface area contributed by atoms with Gasteiger partial charge in [0.05, 0.1) is 0 Å². The van der Waals surface area contributed by atoms with Crippen molar-refractivity contribution < 1.29 is 0 Å². The molecular formula is C14H22P2. The van der Waals surface area contributed by atoms with Crippen LogP contribution in [0.25, 0.3) is 0 Å². The van der Waals surface area contributed by atoms with Crippen LogP contribution in [0.4, 0.5) is 0 Å². The maximum atomic E-state index is 3.89. The lowest BCUT2D eigenvalue weighted by Crippen LogP contribution is -2.18. The van der Waals surface area contributed by atoms with Gasteiger partial charge in [0.2, 0.25) is 0 Å². The molecule has 0 fully saturated rings. The van der Waals surface area contributed by atoms with Crippen molar-refractivity contribution in [3.05, 3.63) is 35.9 Å². The quantitative estimate of drug-likeness (QED) is 0.575. The van der Waals surface area contributed by atoms with E-state index in [2.05, 4.69) is 52.5 Å². The van der Waals surface area contributed by atoms with E-state index >= 15 is 0 Å². The van der Waals surface area contributed by atoms with Crippen molar-refractivity contribution in [3.8, 4) is 0 Å². The van der Waals surface area contributed by atoms with Crippen LogP contribution in [0.3, 0.4) is 0 Å². The highest BCUT2D eigenvalue weighted by molar-refractivity contribution is 7.64. The molecule has 16 heavy (non-hydrogen) atoms. The van der Waals surface area contributed by atoms with E-state index in [9.17, 15) is 0 Å². The predicted octanol–water partition coefficient (Wildman–Crippen LogP) is 5.39. The van der Waals surface area contributed by atoms with E-state index in [1.54, 1.807) is 10.9 Å². The largest absolute Gasteiger partial charge is 0.0983 e. The fraction of sp³-hybridized carbons (Fsp3) is 0.500. The predicted molar refractivity (Wildman–Crippen MR) is 81.2 cm³/mol. The topological polar surface area (TPSA) is 0 Å². The lowest BCUT2D eigenvalue weighted by molar-refractivity contribution is 0.715. The molecule has 0 spiro atoms. The van der Waals surface area contributed by atoms with Crippen molar-refractivity contribution in [2.75, 3.05) is 6.16 Å². The maximum Gasteiger partial charge on any atom is 0.0311 e. The highest BCUT2D eigenvalue weighted by Crippen LogP contribution is 2.48. The highest BCUT2D eigenvalue weighted by Gasteiger charge is 2.31. The first kappa shape index (κ1) is 13.9. The van der Waals surface area contributed by atoms with Gasteiger partial charge in [-0.25, -0.2) is 0 Å². The molecule has 0 N–H and O–H groups in total. The third-order valence-electron chi connectivity index (χ3n) is 3.65. The molecule has 0 nitrogen and oxygen atoms in total. The zero-order chi connectivity index (χ0) is 12.3. The molecule has 88 valence electrons. The molecule has 1 atom stereocenters. The molecule has 0 aromatic rings. The Morgan fingerprint density at radius 2 is 1.81 bits per heavy atom. The minimum Gasteiger partial charge on any atom is -0.0983 e. The fourth-order valence-corrected chi connectivity index (χ4v) is 5.09. The summed E-state index contributed by atoms with van der Waals surface area (Å²) in [5, 5.41) is 1.90. The number of hydrogen-bond donors (Lipinski definition) is 0. The van der Waals surface area contributed by atoms with Crippen LogP contribution in [0, 0.1) is 0 Å². The van der Waals surface area contributed by atoms with Crippen molar-refractivity contribution in [1.29, 1.82) is 0 Å². The van der Waals surface area contributed by atoms with E-state index < -0.39 is 0 Å². The van der Waals surface area contributed by atoms with Crippen LogP contribution in [0.5, 0.6) is 0 Å². The van der Waals surface area contributed by atoms with Gasteiger partial charge in [0.25, 0.3) is 0 Å². The summed E-state index contributed by atoms with van der Waals surface area (Å²) in [6, 6.07) is 0. The molecule has 1 unspecified atom stereocenters. The van der Waals surface area contributed by atoms with Crippen LogP contribution in [0.1, 0.15) is 34.1 Å². The van der Waals surface area contributed by atoms with Gasteiger partial charge in [-0.1, -0.05) is 46.5 Å². The maximum absolute atomic E-state index is 3.89. The molecule has 0 radical (unpaired) electrons. The third kappa shape index (κ3) is 2.73. The first-order chi connectivity index (χ1) is 7.44. The van der Waals surface area contributed by atoms with Crippen molar-refractivity contribution in [1.82, 2.24) is 0 Å². The zero-order valence-corrected chi connectivity index (χ0v) is 12.7. The smallest absolute Gasteiger partial charge is 0.0311 e. The second-order valence-corrected chi connectivity index (χ2v) is 8.66. The Morgan fingerprint density at radius 1 is 1.25 bits per heavy atom. The fourth-order valence-electron chi connectivity index (χ4n) is 2.06. The Hall–Kier alpha value is -0.180. The number of allylic oxidation sites excluding steroid dienone is 2. The summed E-state index contributed by atoms with van der Waals surface area (Å²) in [7, 11) is 1.34. The van der Waals surface area contributed by atoms with E-state index in [0.717, 1.165) is 0 Å². The van der Waals surface area contributed by atoms with Crippen molar-refractivity contribution in [3.63, 3.8) is 0 Å². The molecule has 0 aliphatic carbocycles. The SMILES string of the molecule is C=CP(C=C)CCC1(C)P=C(C)C(C)=C1C. The van der Waals surface area contributed by atoms with E-state index in [1.807, 2.05) is 0 Å². The van der Waals surface area contributed by atoms with E-state index in [4.69, 9.17) is 0 Å². The van der Waals surface area contributed by atoms with Gasteiger partial charge >= 0.3 is 0 Å². The normalized spacial score (nSPS) is 25.9. The Bertz CT molecular complexity index is 355. The number of rotatable bonds is 5. The molecule has 1 aliphatic rings. The molecule has 1 aliphatic heterocycles. The lowest BCUT2D eigenvalue weighted by atomic mass is 9.94. The van der Waals surface area contributed by atoms with Gasteiger partial charge in [0.1, 0.15) is 0 Å². The van der Waals surface area contributed by atoms with Gasteiger partial charge in [-0.2, -0.15) is 0 Å². The van der Waals surface area contributed by atoms with E-state index in [-0.39, 0.29) is 7.92 Å². The molecular weight excluding hydrogens is 230 g/mol. The molecule has 0 aromatic carbocycles. The molecule has 2 heteroatoms. The van der Waals surface area contributed by atoms with Gasteiger partial charge in [-0.05, 0) is 51.1 Å².